The molecule has 0 atom stereocenters. The van der Waals surface area contributed by atoms with Gasteiger partial charge in [0.2, 0.25) is 0 Å². The van der Waals surface area contributed by atoms with E-state index in [0.717, 1.165) is 21.4 Å². The molecule has 102 valence electrons. The van der Waals surface area contributed by atoms with Gasteiger partial charge >= 0.3 is 0 Å². The summed E-state index contributed by atoms with van der Waals surface area (Å²) in [6.07, 6.45) is 1.55. The zero-order chi connectivity index (χ0) is 14.2. The van der Waals surface area contributed by atoms with Crippen molar-refractivity contribution in [3.05, 3.63) is 48.8 Å². The molecular weight excluding hydrogens is 284 g/mol. The van der Waals surface area contributed by atoms with E-state index in [2.05, 4.69) is 15.0 Å². The van der Waals surface area contributed by atoms with Crippen LogP contribution in [-0.2, 0) is 0 Å². The minimum atomic E-state index is 0.541. The fourth-order valence-corrected chi connectivity index (χ4v) is 2.93. The van der Waals surface area contributed by atoms with Crippen molar-refractivity contribution in [2.24, 2.45) is 0 Å². The molecule has 2 aromatic heterocycles. The predicted octanol–water partition coefficient (Wildman–Crippen LogP) is 3.50. The highest BCUT2D eigenvalue weighted by atomic mass is 32.2. The van der Waals surface area contributed by atoms with Crippen LogP contribution in [-0.4, -0.2) is 15.0 Å². The molecule has 0 bridgehead atoms. The molecular formula is C15H10N4OS. The fourth-order valence-electron chi connectivity index (χ4n) is 2.11. The van der Waals surface area contributed by atoms with Crippen LogP contribution in [0.3, 0.4) is 0 Å². The maximum atomic E-state index is 5.74. The largest absolute Gasteiger partial charge is 0.431 e. The highest BCUT2D eigenvalue weighted by Crippen LogP contribution is 2.32. The Hall–Kier alpha value is -2.60. The molecule has 21 heavy (non-hydrogen) atoms. The first-order valence-electron chi connectivity index (χ1n) is 6.33. The third-order valence-corrected chi connectivity index (χ3v) is 3.95. The number of hydrogen-bond donors (Lipinski definition) is 1. The van der Waals surface area contributed by atoms with Crippen LogP contribution in [0.25, 0.3) is 22.0 Å². The zero-order valence-corrected chi connectivity index (χ0v) is 11.7. The molecule has 0 saturated heterocycles. The lowest BCUT2D eigenvalue weighted by Crippen LogP contribution is -1.86. The van der Waals surface area contributed by atoms with Gasteiger partial charge in [0.15, 0.2) is 5.58 Å². The Morgan fingerprint density at radius 3 is 2.86 bits per heavy atom. The third-order valence-electron chi connectivity index (χ3n) is 3.08. The molecule has 0 spiro atoms. The predicted molar refractivity (Wildman–Crippen MR) is 82.1 cm³/mol. The summed E-state index contributed by atoms with van der Waals surface area (Å²) in [6, 6.07) is 13.3. The molecule has 0 fully saturated rings. The summed E-state index contributed by atoms with van der Waals surface area (Å²) in [5.74, 6) is 0. The number of nitrogens with two attached hydrogens (primary N) is 1. The molecule has 0 radical (unpaired) electrons. The number of rotatable bonds is 2. The van der Waals surface area contributed by atoms with Crippen molar-refractivity contribution in [3.8, 4) is 0 Å². The number of oxazole rings is 1. The van der Waals surface area contributed by atoms with Gasteiger partial charge in [0.25, 0.3) is 5.22 Å². The summed E-state index contributed by atoms with van der Waals surface area (Å²) in [6.45, 7) is 0. The average Bonchev–Trinajstić information content (AvgIpc) is 2.89. The van der Waals surface area contributed by atoms with Gasteiger partial charge in [-0.05, 0) is 30.0 Å². The van der Waals surface area contributed by atoms with Crippen LogP contribution in [0.1, 0.15) is 0 Å². The number of aromatic nitrogens is 3. The minimum Gasteiger partial charge on any atom is -0.431 e. The molecule has 2 N–H and O–H groups in total. The van der Waals surface area contributed by atoms with E-state index in [1.807, 2.05) is 30.3 Å². The van der Waals surface area contributed by atoms with Crippen molar-refractivity contribution in [1.82, 2.24) is 15.0 Å². The molecule has 4 aromatic rings. The molecule has 0 saturated carbocycles. The van der Waals surface area contributed by atoms with Crippen molar-refractivity contribution in [2.45, 2.75) is 10.2 Å². The second kappa shape index (κ2) is 4.75. The summed E-state index contributed by atoms with van der Waals surface area (Å²) in [7, 11) is 0. The number of para-hydroxylation sites is 1. The highest BCUT2D eigenvalue weighted by Gasteiger charge is 2.11. The standard InChI is InChI=1S/C15H10N4OS/c16-9-5-6-12-13(7-9)20-15(19-12)21-14-10-3-1-2-4-11(10)17-8-18-14/h1-8H,16H2. The Morgan fingerprint density at radius 1 is 1.00 bits per heavy atom. The quantitative estimate of drug-likeness (QED) is 0.450. The SMILES string of the molecule is Nc1ccc2nc(Sc3ncnc4ccccc34)oc2c1. The zero-order valence-electron chi connectivity index (χ0n) is 10.9. The molecule has 4 rings (SSSR count). The maximum Gasteiger partial charge on any atom is 0.263 e. The van der Waals surface area contributed by atoms with E-state index in [0.29, 0.717) is 16.5 Å². The van der Waals surface area contributed by atoms with E-state index >= 15 is 0 Å². The molecule has 0 amide bonds. The Bertz CT molecular complexity index is 945. The van der Waals surface area contributed by atoms with E-state index in [4.69, 9.17) is 10.2 Å². The van der Waals surface area contributed by atoms with E-state index in [1.54, 1.807) is 18.5 Å². The van der Waals surface area contributed by atoms with Gasteiger partial charge in [0.05, 0.1) is 5.52 Å². The molecule has 5 nitrogen and oxygen atoms in total. The minimum absolute atomic E-state index is 0.541. The van der Waals surface area contributed by atoms with Crippen LogP contribution in [0.4, 0.5) is 5.69 Å². The van der Waals surface area contributed by atoms with Gasteiger partial charge in [-0.25, -0.2) is 15.0 Å². The van der Waals surface area contributed by atoms with E-state index in [-0.39, 0.29) is 0 Å². The molecule has 0 aliphatic heterocycles. The monoisotopic (exact) mass is 294 g/mol. The lowest BCUT2D eigenvalue weighted by molar-refractivity contribution is 0.489. The second-order valence-corrected chi connectivity index (χ2v) is 5.45. The lowest BCUT2D eigenvalue weighted by atomic mass is 10.2. The van der Waals surface area contributed by atoms with Crippen molar-refractivity contribution in [1.29, 1.82) is 0 Å². The summed E-state index contributed by atoms with van der Waals surface area (Å²) < 4.78 is 5.71. The average molecular weight is 294 g/mol. The van der Waals surface area contributed by atoms with E-state index in [9.17, 15) is 0 Å². The highest BCUT2D eigenvalue weighted by molar-refractivity contribution is 7.99. The lowest BCUT2D eigenvalue weighted by Gasteiger charge is -2.00. The fraction of sp³-hybridized carbons (Fsp3) is 0. The Labute approximate surface area is 124 Å². The van der Waals surface area contributed by atoms with Crippen LogP contribution in [0.15, 0.2) is 63.5 Å². The Balaban J connectivity index is 1.79. The molecule has 6 heteroatoms. The van der Waals surface area contributed by atoms with Crippen LogP contribution >= 0.6 is 11.8 Å². The number of fused-ring (bicyclic) bond motifs is 2. The normalized spacial score (nSPS) is 11.2. The van der Waals surface area contributed by atoms with Gasteiger partial charge < -0.3 is 10.2 Å². The molecule has 2 heterocycles. The van der Waals surface area contributed by atoms with Crippen LogP contribution in [0, 0.1) is 0 Å². The van der Waals surface area contributed by atoms with Crippen molar-refractivity contribution >= 4 is 39.5 Å². The van der Waals surface area contributed by atoms with Gasteiger partial charge in [-0.2, -0.15) is 0 Å². The maximum absolute atomic E-state index is 5.74. The van der Waals surface area contributed by atoms with Gasteiger partial charge in [-0.3, -0.25) is 0 Å². The van der Waals surface area contributed by atoms with E-state index < -0.39 is 0 Å². The molecule has 0 unspecified atom stereocenters. The number of benzene rings is 2. The van der Waals surface area contributed by atoms with E-state index in [1.165, 1.54) is 11.8 Å². The second-order valence-electron chi connectivity index (χ2n) is 4.50. The van der Waals surface area contributed by atoms with Crippen molar-refractivity contribution in [3.63, 3.8) is 0 Å². The van der Waals surface area contributed by atoms with Gasteiger partial charge in [-0.1, -0.05) is 18.2 Å². The van der Waals surface area contributed by atoms with Crippen LogP contribution in [0.2, 0.25) is 0 Å². The Morgan fingerprint density at radius 2 is 1.90 bits per heavy atom. The van der Waals surface area contributed by atoms with Gasteiger partial charge in [-0.15, -0.1) is 0 Å². The first kappa shape index (κ1) is 12.2. The summed E-state index contributed by atoms with van der Waals surface area (Å²) in [4.78, 5) is 13.0. The van der Waals surface area contributed by atoms with Crippen molar-refractivity contribution in [2.75, 3.05) is 5.73 Å². The number of anilines is 1. The summed E-state index contributed by atoms with van der Waals surface area (Å²) in [5, 5.41) is 2.34. The van der Waals surface area contributed by atoms with Crippen LogP contribution < -0.4 is 5.73 Å². The Kier molecular flexibility index (Phi) is 2.75. The number of hydrogen-bond acceptors (Lipinski definition) is 6. The smallest absolute Gasteiger partial charge is 0.263 e. The molecule has 2 aromatic carbocycles. The summed E-state index contributed by atoms with van der Waals surface area (Å²) >= 11 is 1.38. The molecule has 0 aliphatic rings. The first-order chi connectivity index (χ1) is 10.3. The first-order valence-corrected chi connectivity index (χ1v) is 7.15. The molecule has 0 aliphatic carbocycles. The van der Waals surface area contributed by atoms with Gasteiger partial charge in [0.1, 0.15) is 16.9 Å². The number of nitrogen functional groups attached to an aromatic ring is 1. The van der Waals surface area contributed by atoms with Crippen LogP contribution in [0.5, 0.6) is 0 Å². The third kappa shape index (κ3) is 2.19. The number of nitrogens with zero attached hydrogens (tertiary/aromatic N) is 3. The van der Waals surface area contributed by atoms with Gasteiger partial charge in [0, 0.05) is 17.1 Å². The van der Waals surface area contributed by atoms with Crippen molar-refractivity contribution < 1.29 is 4.42 Å². The summed E-state index contributed by atoms with van der Waals surface area (Å²) in [5.41, 5.74) is 8.76. The topological polar surface area (TPSA) is 77.8 Å².